The summed E-state index contributed by atoms with van der Waals surface area (Å²) in [6, 6.07) is 8.63. The molecule has 114 valence electrons. The highest BCUT2D eigenvalue weighted by atomic mass is 32.2. The van der Waals surface area contributed by atoms with Crippen molar-refractivity contribution in [1.82, 2.24) is 14.8 Å². The van der Waals surface area contributed by atoms with Crippen molar-refractivity contribution in [2.24, 2.45) is 0 Å². The van der Waals surface area contributed by atoms with Crippen molar-refractivity contribution in [2.75, 3.05) is 44.7 Å². The molecule has 0 aliphatic carbocycles. The van der Waals surface area contributed by atoms with Crippen LogP contribution in [-0.2, 0) is 17.3 Å². The highest BCUT2D eigenvalue weighted by Crippen LogP contribution is 2.19. The molecule has 1 aromatic carbocycles. The number of rotatable bonds is 5. The highest BCUT2D eigenvalue weighted by Gasteiger charge is 2.17. The predicted octanol–water partition coefficient (Wildman–Crippen LogP) is 1.66. The molecule has 1 aromatic heterocycles. The van der Waals surface area contributed by atoms with Crippen LogP contribution in [-0.4, -0.2) is 63.7 Å². The number of aromatic nitrogens is 1. The lowest BCUT2D eigenvalue weighted by Crippen LogP contribution is -2.46. The van der Waals surface area contributed by atoms with E-state index in [4.69, 9.17) is 0 Å². The molecule has 0 amide bonds. The zero-order chi connectivity index (χ0) is 14.7. The summed E-state index contributed by atoms with van der Waals surface area (Å²) >= 11 is 0. The molecule has 3 rings (SSSR count). The normalized spacial score (nSPS) is 19.1. The lowest BCUT2D eigenvalue weighted by atomic mass is 10.1. The summed E-state index contributed by atoms with van der Waals surface area (Å²) in [6.45, 7) is 6.31. The predicted molar refractivity (Wildman–Crippen MR) is 88.9 cm³/mol. The summed E-state index contributed by atoms with van der Waals surface area (Å²) in [7, 11) is -0.678. The Balaban J connectivity index is 1.56. The van der Waals surface area contributed by atoms with Crippen molar-refractivity contribution in [3.8, 4) is 0 Å². The average Bonchev–Trinajstić information content (AvgIpc) is 2.96. The molecule has 1 unspecified atom stereocenters. The highest BCUT2D eigenvalue weighted by molar-refractivity contribution is 7.84. The second kappa shape index (κ2) is 6.73. The van der Waals surface area contributed by atoms with Crippen molar-refractivity contribution in [1.29, 1.82) is 0 Å². The van der Waals surface area contributed by atoms with Crippen molar-refractivity contribution in [2.45, 2.75) is 6.54 Å². The Morgan fingerprint density at radius 1 is 1.14 bits per heavy atom. The van der Waals surface area contributed by atoms with Gasteiger partial charge >= 0.3 is 0 Å². The van der Waals surface area contributed by atoms with Crippen LogP contribution in [0.2, 0.25) is 0 Å². The summed E-state index contributed by atoms with van der Waals surface area (Å²) in [5.41, 5.74) is 2.64. The van der Waals surface area contributed by atoms with E-state index < -0.39 is 10.8 Å². The average molecular weight is 305 g/mol. The van der Waals surface area contributed by atoms with Crippen LogP contribution in [0.15, 0.2) is 30.5 Å². The first-order chi connectivity index (χ1) is 10.2. The van der Waals surface area contributed by atoms with Crippen molar-refractivity contribution < 1.29 is 4.21 Å². The van der Waals surface area contributed by atoms with Crippen molar-refractivity contribution in [3.63, 3.8) is 0 Å². The van der Waals surface area contributed by atoms with Gasteiger partial charge in [0, 0.05) is 73.8 Å². The molecule has 0 radical (unpaired) electrons. The molecule has 2 aromatic rings. The molecule has 4 nitrogen and oxygen atoms in total. The molecule has 5 heteroatoms. The molecule has 0 spiro atoms. The first kappa shape index (κ1) is 14.8. The smallest absolute Gasteiger partial charge is 0.0499 e. The fourth-order valence-electron chi connectivity index (χ4n) is 2.95. The van der Waals surface area contributed by atoms with Crippen LogP contribution in [0.25, 0.3) is 10.9 Å². The van der Waals surface area contributed by atoms with Crippen molar-refractivity contribution >= 4 is 21.7 Å². The van der Waals surface area contributed by atoms with E-state index in [1.54, 1.807) is 6.26 Å². The summed E-state index contributed by atoms with van der Waals surface area (Å²) in [6.07, 6.45) is 3.80. The summed E-state index contributed by atoms with van der Waals surface area (Å²) in [4.78, 5) is 8.28. The molecule has 0 saturated carbocycles. The second-order valence-corrected chi connectivity index (χ2v) is 7.31. The van der Waals surface area contributed by atoms with Crippen LogP contribution in [0.5, 0.6) is 0 Å². The van der Waals surface area contributed by atoms with Gasteiger partial charge in [0.15, 0.2) is 0 Å². The van der Waals surface area contributed by atoms with Gasteiger partial charge in [0.1, 0.15) is 0 Å². The first-order valence-corrected chi connectivity index (χ1v) is 9.25. The number of nitrogens with one attached hydrogen (secondary N) is 1. The Hall–Kier alpha value is -1.17. The lowest BCUT2D eigenvalue weighted by molar-refractivity contribution is 0.133. The number of H-pyrrole nitrogens is 1. The standard InChI is InChI=1S/C16H23N3OS/c1-21(20)12-11-18-7-9-19(10-8-18)13-15-4-2-3-14-5-6-17-16(14)15/h2-6,17H,7-13H2,1H3. The molecular formula is C16H23N3OS. The van der Waals surface area contributed by atoms with E-state index >= 15 is 0 Å². The molecular weight excluding hydrogens is 282 g/mol. The Kier molecular flexibility index (Phi) is 4.73. The Labute approximate surface area is 128 Å². The zero-order valence-electron chi connectivity index (χ0n) is 12.5. The first-order valence-electron chi connectivity index (χ1n) is 7.52. The van der Waals surface area contributed by atoms with Gasteiger partial charge < -0.3 is 4.98 Å². The van der Waals surface area contributed by atoms with Crippen LogP contribution in [0.1, 0.15) is 5.56 Å². The number of benzene rings is 1. The third-order valence-electron chi connectivity index (χ3n) is 4.23. The maximum Gasteiger partial charge on any atom is 0.0499 e. The van der Waals surface area contributed by atoms with Crippen LogP contribution >= 0.6 is 0 Å². The Bertz CT molecular complexity index is 617. The minimum atomic E-state index is -0.678. The van der Waals surface area contributed by atoms with Gasteiger partial charge in [-0.3, -0.25) is 14.0 Å². The molecule has 1 saturated heterocycles. The van der Waals surface area contributed by atoms with Gasteiger partial charge in [0.2, 0.25) is 0 Å². The van der Waals surface area contributed by atoms with Gasteiger partial charge in [-0.1, -0.05) is 18.2 Å². The quantitative estimate of drug-likeness (QED) is 0.913. The number of aromatic amines is 1. The van der Waals surface area contributed by atoms with E-state index in [-0.39, 0.29) is 0 Å². The monoisotopic (exact) mass is 305 g/mol. The molecule has 21 heavy (non-hydrogen) atoms. The molecule has 1 fully saturated rings. The molecule has 1 N–H and O–H groups in total. The Morgan fingerprint density at radius 3 is 2.67 bits per heavy atom. The maximum absolute atomic E-state index is 11.2. The number of fused-ring (bicyclic) bond motifs is 1. The fraction of sp³-hybridized carbons (Fsp3) is 0.500. The van der Waals surface area contributed by atoms with Crippen LogP contribution in [0.4, 0.5) is 0 Å². The van der Waals surface area contributed by atoms with Crippen LogP contribution in [0, 0.1) is 0 Å². The van der Waals surface area contributed by atoms with Gasteiger partial charge in [0.25, 0.3) is 0 Å². The maximum atomic E-state index is 11.2. The van der Waals surface area contributed by atoms with E-state index in [0.29, 0.717) is 0 Å². The Morgan fingerprint density at radius 2 is 1.90 bits per heavy atom. The topological polar surface area (TPSA) is 39.3 Å². The van der Waals surface area contributed by atoms with E-state index in [1.807, 2.05) is 6.20 Å². The summed E-state index contributed by atoms with van der Waals surface area (Å²) in [5, 5.41) is 1.29. The van der Waals surface area contributed by atoms with E-state index in [2.05, 4.69) is 39.0 Å². The van der Waals surface area contributed by atoms with Gasteiger partial charge in [-0.05, 0) is 17.0 Å². The third kappa shape index (κ3) is 3.73. The van der Waals surface area contributed by atoms with Crippen LogP contribution < -0.4 is 0 Å². The molecule has 0 bridgehead atoms. The second-order valence-electron chi connectivity index (χ2n) is 5.75. The third-order valence-corrected chi connectivity index (χ3v) is 4.98. The van der Waals surface area contributed by atoms with Crippen LogP contribution in [0.3, 0.4) is 0 Å². The van der Waals surface area contributed by atoms with Gasteiger partial charge in [0.05, 0.1) is 0 Å². The zero-order valence-corrected chi connectivity index (χ0v) is 13.4. The number of nitrogens with zero attached hydrogens (tertiary/aromatic N) is 2. The molecule has 1 atom stereocenters. The minimum absolute atomic E-state index is 0.678. The molecule has 1 aliphatic rings. The number of para-hydroxylation sites is 1. The van der Waals surface area contributed by atoms with Gasteiger partial charge in [-0.2, -0.15) is 0 Å². The summed E-state index contributed by atoms with van der Waals surface area (Å²) < 4.78 is 11.2. The molecule has 2 heterocycles. The SMILES string of the molecule is CS(=O)CCN1CCN(Cc2cccc3cc[nH]c23)CC1. The number of hydrogen-bond donors (Lipinski definition) is 1. The van der Waals surface area contributed by atoms with Crippen molar-refractivity contribution in [3.05, 3.63) is 36.0 Å². The fourth-order valence-corrected chi connectivity index (χ4v) is 3.47. The van der Waals surface area contributed by atoms with E-state index in [9.17, 15) is 4.21 Å². The largest absolute Gasteiger partial charge is 0.361 e. The number of piperazine rings is 1. The summed E-state index contributed by atoms with van der Waals surface area (Å²) in [5.74, 6) is 0.793. The number of hydrogen-bond acceptors (Lipinski definition) is 3. The van der Waals surface area contributed by atoms with E-state index in [1.165, 1.54) is 16.5 Å². The lowest BCUT2D eigenvalue weighted by Gasteiger charge is -2.34. The minimum Gasteiger partial charge on any atom is -0.361 e. The van der Waals surface area contributed by atoms with E-state index in [0.717, 1.165) is 45.0 Å². The van der Waals surface area contributed by atoms with Gasteiger partial charge in [-0.15, -0.1) is 0 Å². The van der Waals surface area contributed by atoms with Gasteiger partial charge in [-0.25, -0.2) is 0 Å². The molecule has 1 aliphatic heterocycles.